The normalized spacial score (nSPS) is 15.9. The van der Waals surface area contributed by atoms with Crippen LogP contribution < -0.4 is 15.0 Å². The summed E-state index contributed by atoms with van der Waals surface area (Å²) < 4.78 is 5.74. The third kappa shape index (κ3) is 3.78. The van der Waals surface area contributed by atoms with Gasteiger partial charge >= 0.3 is 0 Å². The number of rotatable bonds is 5. The van der Waals surface area contributed by atoms with Crippen LogP contribution in [0.15, 0.2) is 42.5 Å². The van der Waals surface area contributed by atoms with Crippen molar-refractivity contribution in [2.24, 2.45) is 5.92 Å². The second-order valence-corrected chi connectivity index (χ2v) is 6.48. The minimum atomic E-state index is -0.156. The minimum absolute atomic E-state index is 0.0215. The minimum Gasteiger partial charge on any atom is -0.492 e. The van der Waals surface area contributed by atoms with Crippen LogP contribution >= 0.6 is 0 Å². The number of carbonyl (C=O) groups excluding carboxylic acids is 1. The molecule has 4 heteroatoms. The Labute approximate surface area is 149 Å². The molecule has 1 atom stereocenters. The van der Waals surface area contributed by atoms with Crippen LogP contribution in [0, 0.1) is 12.8 Å². The molecular weight excluding hydrogens is 312 g/mol. The van der Waals surface area contributed by atoms with E-state index < -0.39 is 0 Å². The van der Waals surface area contributed by atoms with Crippen molar-refractivity contribution in [2.75, 3.05) is 29.9 Å². The van der Waals surface area contributed by atoms with Gasteiger partial charge in [0, 0.05) is 24.5 Å². The van der Waals surface area contributed by atoms with Gasteiger partial charge in [0.15, 0.2) is 0 Å². The number of carbonyl (C=O) groups is 1. The largest absolute Gasteiger partial charge is 0.492 e. The van der Waals surface area contributed by atoms with Crippen molar-refractivity contribution in [3.05, 3.63) is 53.6 Å². The summed E-state index contributed by atoms with van der Waals surface area (Å²) in [5.74, 6) is 0.760. The third-order valence-electron chi connectivity index (χ3n) is 4.85. The van der Waals surface area contributed by atoms with Crippen molar-refractivity contribution >= 4 is 17.3 Å². The Kier molecular flexibility index (Phi) is 5.27. The second kappa shape index (κ2) is 7.60. The van der Waals surface area contributed by atoms with Crippen LogP contribution in [-0.2, 0) is 11.2 Å². The number of amides is 1. The Balaban J connectivity index is 1.69. The fraction of sp³-hybridized carbons (Fsp3) is 0.381. The molecule has 0 saturated heterocycles. The molecule has 0 fully saturated rings. The van der Waals surface area contributed by atoms with Gasteiger partial charge in [0.25, 0.3) is 0 Å². The van der Waals surface area contributed by atoms with Crippen molar-refractivity contribution in [1.29, 1.82) is 0 Å². The molecule has 2 aromatic carbocycles. The van der Waals surface area contributed by atoms with E-state index in [1.807, 2.05) is 37.3 Å². The maximum Gasteiger partial charge on any atom is 0.231 e. The van der Waals surface area contributed by atoms with E-state index >= 15 is 0 Å². The summed E-state index contributed by atoms with van der Waals surface area (Å²) in [6.07, 6.45) is 0.721. The molecule has 1 N–H and O–H groups in total. The van der Waals surface area contributed by atoms with Gasteiger partial charge in [-0.15, -0.1) is 0 Å². The molecule has 1 amide bonds. The van der Waals surface area contributed by atoms with Crippen molar-refractivity contribution in [3.8, 4) is 5.75 Å². The predicted octanol–water partition coefficient (Wildman–Crippen LogP) is 4.03. The number of hydrogen-bond acceptors (Lipinski definition) is 3. The van der Waals surface area contributed by atoms with E-state index in [2.05, 4.69) is 36.2 Å². The molecule has 0 bridgehead atoms. The number of nitrogens with one attached hydrogen (secondary N) is 1. The zero-order chi connectivity index (χ0) is 17.8. The Morgan fingerprint density at radius 2 is 1.96 bits per heavy atom. The van der Waals surface area contributed by atoms with E-state index in [1.54, 1.807) is 0 Å². The van der Waals surface area contributed by atoms with Crippen LogP contribution in [-0.4, -0.2) is 25.6 Å². The van der Waals surface area contributed by atoms with Crippen LogP contribution in [0.4, 0.5) is 11.4 Å². The summed E-state index contributed by atoms with van der Waals surface area (Å²) in [7, 11) is 0. The number of para-hydroxylation sites is 1. The van der Waals surface area contributed by atoms with Gasteiger partial charge in [-0.2, -0.15) is 0 Å². The topological polar surface area (TPSA) is 41.6 Å². The van der Waals surface area contributed by atoms with Gasteiger partial charge < -0.3 is 15.0 Å². The van der Waals surface area contributed by atoms with Crippen LogP contribution in [0.25, 0.3) is 0 Å². The number of ether oxygens (including phenoxy) is 1. The third-order valence-corrected chi connectivity index (χ3v) is 4.85. The standard InChI is InChI=1S/C21H26N2O2/c1-4-23(5-2)18-10-11-19(15(3)12-18)22-21(24)17-13-16-8-6-7-9-20(16)25-14-17/h6-12,17H,4-5,13-14H2,1-3H3,(H,22,24)/t17-/m1/s1. The van der Waals surface area contributed by atoms with Crippen molar-refractivity contribution in [1.82, 2.24) is 0 Å². The lowest BCUT2D eigenvalue weighted by atomic mass is 9.96. The number of benzene rings is 2. The summed E-state index contributed by atoms with van der Waals surface area (Å²) in [5.41, 5.74) is 4.24. The van der Waals surface area contributed by atoms with Crippen LogP contribution in [0.5, 0.6) is 5.75 Å². The van der Waals surface area contributed by atoms with Crippen molar-refractivity contribution in [3.63, 3.8) is 0 Å². The first-order valence-corrected chi connectivity index (χ1v) is 8.99. The first kappa shape index (κ1) is 17.3. The van der Waals surface area contributed by atoms with Crippen LogP contribution in [0.3, 0.4) is 0 Å². The van der Waals surface area contributed by atoms with E-state index in [9.17, 15) is 4.79 Å². The van der Waals surface area contributed by atoms with E-state index in [0.717, 1.165) is 42.1 Å². The fourth-order valence-electron chi connectivity index (χ4n) is 3.30. The average Bonchev–Trinajstić information content (AvgIpc) is 2.64. The number of aryl methyl sites for hydroxylation is 1. The summed E-state index contributed by atoms with van der Waals surface area (Å²) in [6, 6.07) is 14.1. The molecule has 0 aliphatic carbocycles. The average molecular weight is 338 g/mol. The molecule has 4 nitrogen and oxygen atoms in total. The van der Waals surface area contributed by atoms with Crippen molar-refractivity contribution in [2.45, 2.75) is 27.2 Å². The SMILES string of the molecule is CCN(CC)c1ccc(NC(=O)[C@H]2COc3ccccc3C2)c(C)c1. The molecular formula is C21H26N2O2. The smallest absolute Gasteiger partial charge is 0.231 e. The van der Waals surface area contributed by atoms with Gasteiger partial charge in [0.05, 0.1) is 5.92 Å². The molecule has 25 heavy (non-hydrogen) atoms. The number of fused-ring (bicyclic) bond motifs is 1. The van der Waals surface area contributed by atoms with E-state index in [4.69, 9.17) is 4.74 Å². The molecule has 1 aliphatic heterocycles. The van der Waals surface area contributed by atoms with Gasteiger partial charge in [-0.05, 0) is 62.6 Å². The monoisotopic (exact) mass is 338 g/mol. The molecule has 0 spiro atoms. The first-order valence-electron chi connectivity index (χ1n) is 8.99. The highest BCUT2D eigenvalue weighted by molar-refractivity contribution is 5.94. The van der Waals surface area contributed by atoms with E-state index in [0.29, 0.717) is 6.61 Å². The highest BCUT2D eigenvalue weighted by atomic mass is 16.5. The van der Waals surface area contributed by atoms with Crippen molar-refractivity contribution < 1.29 is 9.53 Å². The van der Waals surface area contributed by atoms with Gasteiger partial charge in [-0.3, -0.25) is 4.79 Å². The van der Waals surface area contributed by atoms with E-state index in [1.165, 1.54) is 5.69 Å². The molecule has 0 aromatic heterocycles. The molecule has 0 saturated carbocycles. The highest BCUT2D eigenvalue weighted by Crippen LogP contribution is 2.28. The quantitative estimate of drug-likeness (QED) is 0.895. The van der Waals surface area contributed by atoms with Gasteiger partial charge in [0.1, 0.15) is 12.4 Å². The van der Waals surface area contributed by atoms with Crippen LogP contribution in [0.2, 0.25) is 0 Å². The zero-order valence-corrected chi connectivity index (χ0v) is 15.2. The lowest BCUT2D eigenvalue weighted by molar-refractivity contribution is -0.121. The Bertz CT molecular complexity index is 753. The molecule has 0 radical (unpaired) electrons. The Hall–Kier alpha value is -2.49. The predicted molar refractivity (Wildman–Crippen MR) is 103 cm³/mol. The highest BCUT2D eigenvalue weighted by Gasteiger charge is 2.26. The number of anilines is 2. The molecule has 2 aromatic rings. The number of hydrogen-bond donors (Lipinski definition) is 1. The lowest BCUT2D eigenvalue weighted by Crippen LogP contribution is -2.32. The van der Waals surface area contributed by atoms with Crippen LogP contribution in [0.1, 0.15) is 25.0 Å². The molecule has 0 unspecified atom stereocenters. The molecule has 3 rings (SSSR count). The Morgan fingerprint density at radius 1 is 1.20 bits per heavy atom. The van der Waals surface area contributed by atoms with Gasteiger partial charge in [-0.25, -0.2) is 0 Å². The summed E-state index contributed by atoms with van der Waals surface area (Å²) in [4.78, 5) is 15.0. The maximum absolute atomic E-state index is 12.7. The summed E-state index contributed by atoms with van der Waals surface area (Å²) in [5, 5.41) is 3.08. The molecule has 1 heterocycles. The molecule has 132 valence electrons. The second-order valence-electron chi connectivity index (χ2n) is 6.48. The number of nitrogens with zero attached hydrogens (tertiary/aromatic N) is 1. The first-order chi connectivity index (χ1) is 12.1. The van der Waals surface area contributed by atoms with Gasteiger partial charge in [0.2, 0.25) is 5.91 Å². The maximum atomic E-state index is 12.7. The lowest BCUT2D eigenvalue weighted by Gasteiger charge is -2.25. The summed E-state index contributed by atoms with van der Waals surface area (Å²) in [6.45, 7) is 8.71. The van der Waals surface area contributed by atoms with Gasteiger partial charge in [-0.1, -0.05) is 18.2 Å². The zero-order valence-electron chi connectivity index (χ0n) is 15.2. The summed E-state index contributed by atoms with van der Waals surface area (Å²) >= 11 is 0. The fourth-order valence-corrected chi connectivity index (χ4v) is 3.30. The van der Waals surface area contributed by atoms with E-state index in [-0.39, 0.29) is 11.8 Å². The molecule has 1 aliphatic rings. The Morgan fingerprint density at radius 3 is 2.68 bits per heavy atom.